The van der Waals surface area contributed by atoms with E-state index in [0.717, 1.165) is 49.6 Å². The summed E-state index contributed by atoms with van der Waals surface area (Å²) in [4.78, 5) is 39.7. The first kappa shape index (κ1) is 22.0. The van der Waals surface area contributed by atoms with Crippen LogP contribution in [0.2, 0.25) is 0 Å². The highest BCUT2D eigenvalue weighted by Gasteiger charge is 2.32. The molecule has 1 aromatic heterocycles. The van der Waals surface area contributed by atoms with Gasteiger partial charge in [-0.2, -0.15) is 0 Å². The average Bonchev–Trinajstić information content (AvgIpc) is 3.07. The van der Waals surface area contributed by atoms with Gasteiger partial charge in [-0.05, 0) is 37.7 Å². The van der Waals surface area contributed by atoms with Crippen molar-refractivity contribution in [3.63, 3.8) is 0 Å². The van der Waals surface area contributed by atoms with Crippen LogP contribution in [0.4, 0.5) is 16.3 Å². The van der Waals surface area contributed by atoms with E-state index in [0.29, 0.717) is 31.3 Å². The lowest BCUT2D eigenvalue weighted by atomic mass is 10.2. The number of rotatable bonds is 7. The lowest BCUT2D eigenvalue weighted by Gasteiger charge is -2.19. The van der Waals surface area contributed by atoms with E-state index in [2.05, 4.69) is 16.8 Å². The molecule has 9 nitrogen and oxygen atoms in total. The molecule has 0 atom stereocenters. The number of anilines is 2. The number of amides is 2. The number of carbonyl (C=O) groups excluding carboxylic acids is 2. The van der Waals surface area contributed by atoms with Gasteiger partial charge in [-0.15, -0.1) is 0 Å². The number of fused-ring (bicyclic) bond motifs is 1. The van der Waals surface area contributed by atoms with E-state index in [9.17, 15) is 9.59 Å². The Morgan fingerprint density at radius 1 is 1.00 bits per heavy atom. The number of aromatic nitrogens is 2. The molecule has 0 saturated carbocycles. The number of esters is 1. The number of carbonyl (C=O) groups is 2. The monoisotopic (exact) mass is 439 g/mol. The van der Waals surface area contributed by atoms with Crippen molar-refractivity contribution in [2.75, 3.05) is 55.7 Å². The second kappa shape index (κ2) is 9.95. The first-order chi connectivity index (χ1) is 15.6. The molecular formula is C23H29N5O4. The summed E-state index contributed by atoms with van der Waals surface area (Å²) in [7, 11) is 0. The highest BCUT2D eigenvalue weighted by molar-refractivity contribution is 6.05. The van der Waals surface area contributed by atoms with Gasteiger partial charge in [-0.1, -0.05) is 6.92 Å². The highest BCUT2D eigenvalue weighted by atomic mass is 16.6. The van der Waals surface area contributed by atoms with Gasteiger partial charge in [-0.25, -0.2) is 14.6 Å². The van der Waals surface area contributed by atoms with E-state index >= 15 is 0 Å². The first-order valence-corrected chi connectivity index (χ1v) is 11.1. The van der Waals surface area contributed by atoms with Gasteiger partial charge in [0.25, 0.3) is 0 Å². The highest BCUT2D eigenvalue weighted by Crippen LogP contribution is 2.26. The van der Waals surface area contributed by atoms with Gasteiger partial charge < -0.3 is 14.4 Å². The molecule has 3 heterocycles. The Morgan fingerprint density at radius 2 is 1.72 bits per heavy atom. The molecule has 1 fully saturated rings. The van der Waals surface area contributed by atoms with Crippen molar-refractivity contribution < 1.29 is 19.1 Å². The molecule has 0 N–H and O–H groups in total. The molecule has 1 aromatic carbocycles. The van der Waals surface area contributed by atoms with Gasteiger partial charge in [-0.3, -0.25) is 14.8 Å². The van der Waals surface area contributed by atoms with E-state index in [-0.39, 0.29) is 12.6 Å². The zero-order chi connectivity index (χ0) is 22.5. The van der Waals surface area contributed by atoms with Crippen LogP contribution >= 0.6 is 0 Å². The summed E-state index contributed by atoms with van der Waals surface area (Å²) in [5.74, 6) is 0.741. The van der Waals surface area contributed by atoms with Crippen LogP contribution in [-0.2, 0) is 22.4 Å². The number of nitrogens with zero attached hydrogens (tertiary/aromatic N) is 5. The van der Waals surface area contributed by atoms with E-state index in [1.807, 2.05) is 12.1 Å². The van der Waals surface area contributed by atoms with Crippen LogP contribution in [0.15, 0.2) is 30.5 Å². The summed E-state index contributed by atoms with van der Waals surface area (Å²) >= 11 is 0. The Kier molecular flexibility index (Phi) is 6.84. The Bertz CT molecular complexity index is 965. The van der Waals surface area contributed by atoms with Crippen LogP contribution in [-0.4, -0.2) is 72.8 Å². The minimum absolute atomic E-state index is 0.122. The molecule has 2 amide bonds. The molecule has 0 unspecified atom stereocenters. The quantitative estimate of drug-likeness (QED) is 0.612. The molecule has 1 saturated heterocycles. The Labute approximate surface area is 187 Å². The molecule has 0 bridgehead atoms. The van der Waals surface area contributed by atoms with E-state index in [1.165, 1.54) is 0 Å². The first-order valence-electron chi connectivity index (χ1n) is 11.1. The predicted octanol–water partition coefficient (Wildman–Crippen LogP) is 2.29. The molecule has 0 spiro atoms. The van der Waals surface area contributed by atoms with Gasteiger partial charge in [0.05, 0.1) is 24.2 Å². The van der Waals surface area contributed by atoms with Crippen molar-refractivity contribution in [2.24, 2.45) is 0 Å². The second-order valence-electron chi connectivity index (χ2n) is 7.73. The smallest absolute Gasteiger partial charge is 0.344 e. The van der Waals surface area contributed by atoms with E-state index in [4.69, 9.17) is 14.5 Å². The fraction of sp³-hybridized carbons (Fsp3) is 0.478. The topological polar surface area (TPSA) is 88.1 Å². The minimum Gasteiger partial charge on any atom is -0.482 e. The third kappa shape index (κ3) is 4.83. The number of hydrogen-bond acceptors (Lipinski definition) is 7. The van der Waals surface area contributed by atoms with Crippen LogP contribution in [0, 0.1) is 0 Å². The van der Waals surface area contributed by atoms with Gasteiger partial charge >= 0.3 is 12.0 Å². The van der Waals surface area contributed by atoms with Gasteiger partial charge in [0.2, 0.25) is 0 Å². The maximum atomic E-state index is 13.1. The maximum Gasteiger partial charge on any atom is 0.344 e. The van der Waals surface area contributed by atoms with Crippen LogP contribution in [0.1, 0.15) is 25.2 Å². The molecule has 170 valence electrons. The molecule has 2 aliphatic rings. The summed E-state index contributed by atoms with van der Waals surface area (Å²) in [6, 6.07) is 6.98. The zero-order valence-corrected chi connectivity index (χ0v) is 18.6. The van der Waals surface area contributed by atoms with Gasteiger partial charge in [0.1, 0.15) is 5.75 Å². The minimum atomic E-state index is -0.411. The standard InChI is InChI=1S/C23H29N5O4/c1-3-26-11-9-19-20(10-12-26)25-21(15-24-19)28-14-13-27(23(28)30)17-5-7-18(8-6-17)32-16-22(29)31-4-2/h5-8,15H,3-4,9-14,16H2,1-2H3. The maximum absolute atomic E-state index is 13.1. The van der Waals surface area contributed by atoms with Crippen LogP contribution < -0.4 is 14.5 Å². The van der Waals surface area contributed by atoms with Crippen molar-refractivity contribution in [1.82, 2.24) is 14.9 Å². The Balaban J connectivity index is 1.41. The second-order valence-corrected chi connectivity index (χ2v) is 7.73. The van der Waals surface area contributed by atoms with Crippen molar-refractivity contribution in [3.05, 3.63) is 41.9 Å². The summed E-state index contributed by atoms with van der Waals surface area (Å²) in [6.07, 6.45) is 3.46. The largest absolute Gasteiger partial charge is 0.482 e. The fourth-order valence-corrected chi connectivity index (χ4v) is 3.99. The SMILES string of the molecule is CCOC(=O)COc1ccc(N2CCN(c3cnc4c(n3)CCN(CC)CC4)C2=O)cc1. The van der Waals surface area contributed by atoms with Crippen LogP contribution in [0.3, 0.4) is 0 Å². The summed E-state index contributed by atoms with van der Waals surface area (Å²) in [5.41, 5.74) is 2.79. The predicted molar refractivity (Wildman–Crippen MR) is 120 cm³/mol. The lowest BCUT2D eigenvalue weighted by Crippen LogP contribution is -2.32. The average molecular weight is 440 g/mol. The molecule has 2 aliphatic heterocycles. The summed E-state index contributed by atoms with van der Waals surface area (Å²) in [6.45, 7) is 8.18. The van der Waals surface area contributed by atoms with Crippen molar-refractivity contribution in [3.8, 4) is 5.75 Å². The number of urea groups is 1. The lowest BCUT2D eigenvalue weighted by molar-refractivity contribution is -0.145. The molecule has 0 aliphatic carbocycles. The van der Waals surface area contributed by atoms with E-state index in [1.54, 1.807) is 35.1 Å². The molecule has 2 aromatic rings. The number of likely N-dealkylation sites (N-methyl/N-ethyl adjacent to an activating group) is 1. The molecular weight excluding hydrogens is 410 g/mol. The molecule has 0 radical (unpaired) electrons. The molecule has 32 heavy (non-hydrogen) atoms. The Hall–Kier alpha value is -3.20. The number of ether oxygens (including phenoxy) is 2. The van der Waals surface area contributed by atoms with Gasteiger partial charge in [0, 0.05) is 44.7 Å². The Morgan fingerprint density at radius 3 is 2.44 bits per heavy atom. The number of hydrogen-bond donors (Lipinski definition) is 0. The number of benzene rings is 1. The summed E-state index contributed by atoms with van der Waals surface area (Å²) in [5, 5.41) is 0. The zero-order valence-electron chi connectivity index (χ0n) is 18.6. The van der Waals surface area contributed by atoms with Crippen LogP contribution in [0.25, 0.3) is 0 Å². The molecule has 4 rings (SSSR count). The summed E-state index contributed by atoms with van der Waals surface area (Å²) < 4.78 is 10.3. The normalized spacial score (nSPS) is 16.6. The van der Waals surface area contributed by atoms with Crippen LogP contribution in [0.5, 0.6) is 5.75 Å². The van der Waals surface area contributed by atoms with E-state index < -0.39 is 5.97 Å². The van der Waals surface area contributed by atoms with Gasteiger partial charge in [0.15, 0.2) is 12.4 Å². The molecule has 9 heteroatoms. The van der Waals surface area contributed by atoms with Crippen molar-refractivity contribution in [2.45, 2.75) is 26.7 Å². The fourth-order valence-electron chi connectivity index (χ4n) is 3.99. The van der Waals surface area contributed by atoms with Crippen molar-refractivity contribution in [1.29, 1.82) is 0 Å². The van der Waals surface area contributed by atoms with Crippen molar-refractivity contribution >= 4 is 23.5 Å². The third-order valence-electron chi connectivity index (χ3n) is 5.79. The third-order valence-corrected chi connectivity index (χ3v) is 5.79.